The van der Waals surface area contributed by atoms with Gasteiger partial charge in [-0.15, -0.1) is 0 Å². The van der Waals surface area contributed by atoms with Crippen LogP contribution in [0.1, 0.15) is 12.5 Å². The van der Waals surface area contributed by atoms with Gasteiger partial charge >= 0.3 is 0 Å². The summed E-state index contributed by atoms with van der Waals surface area (Å²) >= 11 is 1.16. The Morgan fingerprint density at radius 2 is 2.10 bits per heavy atom. The molecule has 1 aromatic heterocycles. The van der Waals surface area contributed by atoms with Gasteiger partial charge in [0.25, 0.3) is 5.56 Å². The molecule has 2 rings (SSSR count). The number of H-pyrrole nitrogens is 1. The van der Waals surface area contributed by atoms with Crippen LogP contribution in [-0.4, -0.2) is 21.1 Å². The normalized spacial score (nSPS) is 11.4. The average molecular weight is 300 g/mol. The second-order valence-corrected chi connectivity index (χ2v) is 5.51. The Labute approximate surface area is 125 Å². The minimum Gasteiger partial charge on any atom is -0.325 e. The number of rotatable bonds is 4. The Morgan fingerprint density at radius 1 is 1.38 bits per heavy atom. The number of nitriles is 1. The number of carbonyl (C=O) groups is 1. The third kappa shape index (κ3) is 4.19. The summed E-state index contributed by atoms with van der Waals surface area (Å²) in [5.41, 5.74) is 0.884. The van der Waals surface area contributed by atoms with E-state index in [-0.39, 0.29) is 11.5 Å². The van der Waals surface area contributed by atoms with Gasteiger partial charge in [-0.1, -0.05) is 11.8 Å². The van der Waals surface area contributed by atoms with E-state index in [0.29, 0.717) is 16.4 Å². The van der Waals surface area contributed by atoms with E-state index in [1.165, 1.54) is 12.3 Å². The van der Waals surface area contributed by atoms with Crippen molar-refractivity contribution < 1.29 is 4.79 Å². The molecule has 0 aliphatic rings. The Morgan fingerprint density at radius 3 is 2.71 bits per heavy atom. The van der Waals surface area contributed by atoms with Crippen molar-refractivity contribution in [1.29, 1.82) is 5.26 Å². The maximum absolute atomic E-state index is 12.0. The van der Waals surface area contributed by atoms with E-state index < -0.39 is 5.25 Å². The number of aromatic amines is 1. The van der Waals surface area contributed by atoms with E-state index in [2.05, 4.69) is 15.3 Å². The van der Waals surface area contributed by atoms with Crippen LogP contribution in [0.3, 0.4) is 0 Å². The number of nitrogens with zero attached hydrogens (tertiary/aromatic N) is 2. The van der Waals surface area contributed by atoms with Crippen molar-refractivity contribution in [3.05, 3.63) is 52.4 Å². The molecule has 2 aromatic rings. The van der Waals surface area contributed by atoms with Gasteiger partial charge in [0, 0.05) is 18.0 Å². The highest BCUT2D eigenvalue weighted by Crippen LogP contribution is 2.19. The van der Waals surface area contributed by atoms with Crippen LogP contribution in [-0.2, 0) is 4.79 Å². The molecule has 2 N–H and O–H groups in total. The van der Waals surface area contributed by atoms with Crippen molar-refractivity contribution in [2.24, 2.45) is 0 Å². The number of amides is 1. The van der Waals surface area contributed by atoms with Crippen LogP contribution in [0.15, 0.2) is 46.5 Å². The second kappa shape index (κ2) is 6.72. The van der Waals surface area contributed by atoms with Crippen molar-refractivity contribution in [3.63, 3.8) is 0 Å². The summed E-state index contributed by atoms with van der Waals surface area (Å²) in [5.74, 6) is -0.212. The fourth-order valence-corrected chi connectivity index (χ4v) is 2.29. The number of thioether (sulfide) groups is 1. The van der Waals surface area contributed by atoms with Crippen LogP contribution in [0, 0.1) is 11.3 Å². The summed E-state index contributed by atoms with van der Waals surface area (Å²) in [5, 5.41) is 11.4. The predicted octanol–water partition coefficient (Wildman–Crippen LogP) is 1.76. The summed E-state index contributed by atoms with van der Waals surface area (Å²) in [7, 11) is 0. The molecule has 1 atom stereocenters. The molecule has 21 heavy (non-hydrogen) atoms. The Kier molecular flexibility index (Phi) is 4.74. The fraction of sp³-hybridized carbons (Fsp3) is 0.143. The van der Waals surface area contributed by atoms with Crippen LogP contribution < -0.4 is 10.9 Å². The van der Waals surface area contributed by atoms with Gasteiger partial charge in [-0.3, -0.25) is 9.59 Å². The van der Waals surface area contributed by atoms with Crippen molar-refractivity contribution >= 4 is 23.4 Å². The molecule has 0 saturated heterocycles. The number of benzene rings is 1. The van der Waals surface area contributed by atoms with Gasteiger partial charge in [0.05, 0.1) is 16.9 Å². The number of hydrogen-bond donors (Lipinski definition) is 2. The molecule has 0 unspecified atom stereocenters. The Hall–Kier alpha value is -2.59. The van der Waals surface area contributed by atoms with Crippen LogP contribution in [0.2, 0.25) is 0 Å². The Balaban J connectivity index is 1.99. The van der Waals surface area contributed by atoms with E-state index in [4.69, 9.17) is 5.26 Å². The van der Waals surface area contributed by atoms with Crippen molar-refractivity contribution in [2.45, 2.75) is 17.3 Å². The zero-order valence-electron chi connectivity index (χ0n) is 11.2. The Bertz CT molecular complexity index is 734. The van der Waals surface area contributed by atoms with Crippen molar-refractivity contribution in [1.82, 2.24) is 9.97 Å². The van der Waals surface area contributed by atoms with Gasteiger partial charge in [-0.05, 0) is 31.2 Å². The molecule has 0 spiro atoms. The summed E-state index contributed by atoms with van der Waals surface area (Å²) in [4.78, 5) is 29.7. The second-order valence-electron chi connectivity index (χ2n) is 4.18. The van der Waals surface area contributed by atoms with Crippen LogP contribution in [0.5, 0.6) is 0 Å². The first-order chi connectivity index (χ1) is 10.1. The first-order valence-corrected chi connectivity index (χ1v) is 6.99. The van der Waals surface area contributed by atoms with Crippen LogP contribution >= 0.6 is 11.8 Å². The largest absolute Gasteiger partial charge is 0.325 e. The summed E-state index contributed by atoms with van der Waals surface area (Å²) < 4.78 is 0. The number of carbonyl (C=O) groups excluding carboxylic acids is 1. The van der Waals surface area contributed by atoms with Gasteiger partial charge < -0.3 is 10.3 Å². The smallest absolute Gasteiger partial charge is 0.251 e. The highest BCUT2D eigenvalue weighted by atomic mass is 32.2. The molecule has 6 nitrogen and oxygen atoms in total. The summed E-state index contributed by atoms with van der Waals surface area (Å²) in [6.45, 7) is 1.72. The predicted molar refractivity (Wildman–Crippen MR) is 80.0 cm³/mol. The van der Waals surface area contributed by atoms with E-state index in [1.54, 1.807) is 31.2 Å². The molecule has 7 heteroatoms. The molecule has 1 aromatic carbocycles. The van der Waals surface area contributed by atoms with Gasteiger partial charge in [0.15, 0.2) is 5.16 Å². The lowest BCUT2D eigenvalue weighted by atomic mass is 10.2. The molecule has 106 valence electrons. The molecule has 1 amide bonds. The quantitative estimate of drug-likeness (QED) is 0.662. The summed E-state index contributed by atoms with van der Waals surface area (Å²) in [6.07, 6.45) is 1.40. The van der Waals surface area contributed by atoms with Gasteiger partial charge in [0.2, 0.25) is 5.91 Å². The number of nitrogens with one attached hydrogen (secondary N) is 2. The van der Waals surface area contributed by atoms with Gasteiger partial charge in [0.1, 0.15) is 0 Å². The van der Waals surface area contributed by atoms with Crippen LogP contribution in [0.25, 0.3) is 0 Å². The fourth-order valence-electron chi connectivity index (χ4n) is 1.50. The molecule has 0 aliphatic heterocycles. The first kappa shape index (κ1) is 14.8. The van der Waals surface area contributed by atoms with E-state index in [1.807, 2.05) is 6.07 Å². The van der Waals surface area contributed by atoms with E-state index >= 15 is 0 Å². The molecular formula is C14H12N4O2S. The minimum atomic E-state index is -0.425. The average Bonchev–Trinajstić information content (AvgIpc) is 2.48. The number of anilines is 1. The van der Waals surface area contributed by atoms with Crippen molar-refractivity contribution in [3.8, 4) is 6.07 Å². The topological polar surface area (TPSA) is 98.6 Å². The molecular weight excluding hydrogens is 288 g/mol. The number of aromatic nitrogens is 2. The third-order valence-electron chi connectivity index (χ3n) is 2.59. The maximum Gasteiger partial charge on any atom is 0.251 e. The van der Waals surface area contributed by atoms with Gasteiger partial charge in [-0.2, -0.15) is 5.26 Å². The third-order valence-corrected chi connectivity index (χ3v) is 3.59. The highest BCUT2D eigenvalue weighted by molar-refractivity contribution is 8.00. The minimum absolute atomic E-state index is 0.212. The lowest BCUT2D eigenvalue weighted by Gasteiger charge is -2.11. The van der Waals surface area contributed by atoms with E-state index in [0.717, 1.165) is 11.8 Å². The SMILES string of the molecule is C[C@H](Sc1nccc(=O)[nH]1)C(=O)Nc1ccc(C#N)cc1. The molecule has 0 fully saturated rings. The van der Waals surface area contributed by atoms with Gasteiger partial charge in [-0.25, -0.2) is 4.98 Å². The zero-order chi connectivity index (χ0) is 15.2. The summed E-state index contributed by atoms with van der Waals surface area (Å²) in [6, 6.07) is 9.90. The molecule has 0 saturated carbocycles. The first-order valence-electron chi connectivity index (χ1n) is 6.11. The molecule has 0 aliphatic carbocycles. The standard InChI is InChI=1S/C14H12N4O2S/c1-9(21-14-16-7-6-12(19)18-14)13(20)17-11-4-2-10(8-15)3-5-11/h2-7,9H,1H3,(H,17,20)(H,16,18,19)/t9-/m0/s1. The number of hydrogen-bond acceptors (Lipinski definition) is 5. The van der Waals surface area contributed by atoms with Crippen molar-refractivity contribution in [2.75, 3.05) is 5.32 Å². The monoisotopic (exact) mass is 300 g/mol. The zero-order valence-corrected chi connectivity index (χ0v) is 12.0. The molecule has 0 radical (unpaired) electrons. The van der Waals surface area contributed by atoms with E-state index in [9.17, 15) is 9.59 Å². The lowest BCUT2D eigenvalue weighted by Crippen LogP contribution is -2.23. The van der Waals surface area contributed by atoms with Crippen LogP contribution in [0.4, 0.5) is 5.69 Å². The molecule has 1 heterocycles. The molecule has 0 bridgehead atoms. The maximum atomic E-state index is 12.0. The lowest BCUT2D eigenvalue weighted by molar-refractivity contribution is -0.115. The highest BCUT2D eigenvalue weighted by Gasteiger charge is 2.15.